The molecule has 1 rings (SSSR count). The van der Waals surface area contributed by atoms with E-state index in [-0.39, 0.29) is 11.8 Å². The van der Waals surface area contributed by atoms with Crippen molar-refractivity contribution in [1.29, 1.82) is 0 Å². The van der Waals surface area contributed by atoms with Crippen molar-refractivity contribution < 1.29 is 4.79 Å². The molecule has 0 radical (unpaired) electrons. The summed E-state index contributed by atoms with van der Waals surface area (Å²) < 4.78 is 0. The normalized spacial score (nSPS) is 12.6. The second-order valence-electron chi connectivity index (χ2n) is 3.91. The number of thioether (sulfide) groups is 1. The van der Waals surface area contributed by atoms with Gasteiger partial charge < -0.3 is 5.32 Å². The van der Waals surface area contributed by atoms with Crippen LogP contribution in [0.1, 0.15) is 12.5 Å². The molecule has 0 saturated heterocycles. The number of carbonyl (C=O) groups excluding carboxylic acids is 1. The maximum absolute atomic E-state index is 11.6. The van der Waals surface area contributed by atoms with E-state index in [4.69, 9.17) is 0 Å². The molecule has 0 bridgehead atoms. The molecular formula is C14H19NOS. The highest BCUT2D eigenvalue weighted by Gasteiger charge is 2.09. The van der Waals surface area contributed by atoms with E-state index in [2.05, 4.69) is 5.32 Å². The largest absolute Gasteiger partial charge is 0.352 e. The van der Waals surface area contributed by atoms with E-state index in [1.165, 1.54) is 0 Å². The Labute approximate surface area is 107 Å². The molecule has 0 aliphatic carbocycles. The SMILES string of the molecule is CSCC(C)C(=O)NC/C=C/c1ccccc1. The Balaban J connectivity index is 2.28. The van der Waals surface area contributed by atoms with Crippen molar-refractivity contribution in [1.82, 2.24) is 5.32 Å². The predicted octanol–water partition coefficient (Wildman–Crippen LogP) is 2.82. The van der Waals surface area contributed by atoms with Gasteiger partial charge in [-0.1, -0.05) is 49.4 Å². The molecule has 0 aromatic heterocycles. The van der Waals surface area contributed by atoms with Crippen molar-refractivity contribution in [2.24, 2.45) is 5.92 Å². The molecule has 1 atom stereocenters. The summed E-state index contributed by atoms with van der Waals surface area (Å²) in [6.45, 7) is 2.54. The molecule has 0 saturated carbocycles. The molecule has 1 aromatic rings. The Kier molecular flexibility index (Phi) is 6.48. The van der Waals surface area contributed by atoms with Gasteiger partial charge in [0.1, 0.15) is 0 Å². The smallest absolute Gasteiger partial charge is 0.223 e. The van der Waals surface area contributed by atoms with Gasteiger partial charge in [0.25, 0.3) is 0 Å². The van der Waals surface area contributed by atoms with Gasteiger partial charge in [-0.3, -0.25) is 4.79 Å². The number of hydrogen-bond donors (Lipinski definition) is 1. The van der Waals surface area contributed by atoms with Gasteiger partial charge in [-0.2, -0.15) is 11.8 Å². The lowest BCUT2D eigenvalue weighted by Crippen LogP contribution is -2.30. The van der Waals surface area contributed by atoms with Crippen LogP contribution in [0, 0.1) is 5.92 Å². The van der Waals surface area contributed by atoms with Crippen molar-refractivity contribution in [3.05, 3.63) is 42.0 Å². The molecule has 1 aromatic carbocycles. The van der Waals surface area contributed by atoms with Crippen molar-refractivity contribution >= 4 is 23.7 Å². The summed E-state index contributed by atoms with van der Waals surface area (Å²) in [5.74, 6) is 1.07. The quantitative estimate of drug-likeness (QED) is 0.840. The first-order valence-corrected chi connectivity index (χ1v) is 7.11. The van der Waals surface area contributed by atoms with E-state index < -0.39 is 0 Å². The van der Waals surface area contributed by atoms with Crippen LogP contribution in [0.25, 0.3) is 6.08 Å². The lowest BCUT2D eigenvalue weighted by atomic mass is 10.2. The Morgan fingerprint density at radius 3 is 2.76 bits per heavy atom. The fourth-order valence-electron chi connectivity index (χ4n) is 1.42. The third kappa shape index (κ3) is 5.59. The molecule has 17 heavy (non-hydrogen) atoms. The molecule has 0 aliphatic rings. The molecule has 3 heteroatoms. The molecule has 92 valence electrons. The molecule has 0 fully saturated rings. The zero-order valence-electron chi connectivity index (χ0n) is 10.3. The average molecular weight is 249 g/mol. The van der Waals surface area contributed by atoms with Crippen LogP contribution in [0.2, 0.25) is 0 Å². The van der Waals surface area contributed by atoms with Crippen LogP contribution in [0.3, 0.4) is 0 Å². The maximum Gasteiger partial charge on any atom is 0.223 e. The summed E-state index contributed by atoms with van der Waals surface area (Å²) in [6, 6.07) is 10.1. The van der Waals surface area contributed by atoms with Gasteiger partial charge in [0, 0.05) is 18.2 Å². The number of hydrogen-bond acceptors (Lipinski definition) is 2. The van der Waals surface area contributed by atoms with E-state index in [9.17, 15) is 4.79 Å². The molecule has 1 unspecified atom stereocenters. The monoisotopic (exact) mass is 249 g/mol. The molecule has 1 N–H and O–H groups in total. The number of benzene rings is 1. The number of rotatable bonds is 6. The summed E-state index contributed by atoms with van der Waals surface area (Å²) >= 11 is 1.70. The highest BCUT2D eigenvalue weighted by Crippen LogP contribution is 2.04. The van der Waals surface area contributed by atoms with E-state index in [0.717, 1.165) is 11.3 Å². The molecule has 0 spiro atoms. The highest BCUT2D eigenvalue weighted by molar-refractivity contribution is 7.98. The van der Waals surface area contributed by atoms with Crippen molar-refractivity contribution in [3.8, 4) is 0 Å². The Morgan fingerprint density at radius 2 is 2.12 bits per heavy atom. The summed E-state index contributed by atoms with van der Waals surface area (Å²) in [6.07, 6.45) is 6.00. The fraction of sp³-hybridized carbons (Fsp3) is 0.357. The summed E-state index contributed by atoms with van der Waals surface area (Å²) in [4.78, 5) is 11.6. The first-order chi connectivity index (χ1) is 8.24. The van der Waals surface area contributed by atoms with E-state index in [1.54, 1.807) is 11.8 Å². The number of carbonyl (C=O) groups is 1. The van der Waals surface area contributed by atoms with Gasteiger partial charge in [-0.15, -0.1) is 0 Å². The summed E-state index contributed by atoms with van der Waals surface area (Å²) in [7, 11) is 0. The van der Waals surface area contributed by atoms with E-state index in [1.807, 2.05) is 55.7 Å². The van der Waals surface area contributed by atoms with Crippen molar-refractivity contribution in [3.63, 3.8) is 0 Å². The Bertz CT molecular complexity index is 362. The zero-order chi connectivity index (χ0) is 12.5. The van der Waals surface area contributed by atoms with Crippen LogP contribution in [0.15, 0.2) is 36.4 Å². The Hall–Kier alpha value is -1.22. The van der Waals surface area contributed by atoms with E-state index >= 15 is 0 Å². The molecular weight excluding hydrogens is 230 g/mol. The van der Waals surface area contributed by atoms with E-state index in [0.29, 0.717) is 6.54 Å². The van der Waals surface area contributed by atoms with Crippen molar-refractivity contribution in [2.75, 3.05) is 18.6 Å². The molecule has 0 aliphatic heterocycles. The molecule has 2 nitrogen and oxygen atoms in total. The predicted molar refractivity (Wildman–Crippen MR) is 76.0 cm³/mol. The first kappa shape index (κ1) is 13.8. The summed E-state index contributed by atoms with van der Waals surface area (Å²) in [5.41, 5.74) is 1.15. The van der Waals surface area contributed by atoms with Gasteiger partial charge in [-0.05, 0) is 11.8 Å². The second kappa shape index (κ2) is 7.96. The van der Waals surface area contributed by atoms with Gasteiger partial charge in [-0.25, -0.2) is 0 Å². The minimum atomic E-state index is 0.0788. The lowest BCUT2D eigenvalue weighted by molar-refractivity contribution is -0.123. The van der Waals surface area contributed by atoms with Crippen LogP contribution in [0.4, 0.5) is 0 Å². The fourth-order valence-corrected chi connectivity index (χ4v) is 2.07. The minimum absolute atomic E-state index is 0.0788. The Morgan fingerprint density at radius 1 is 1.41 bits per heavy atom. The van der Waals surface area contributed by atoms with Crippen LogP contribution in [-0.2, 0) is 4.79 Å². The van der Waals surface area contributed by atoms with Crippen LogP contribution >= 0.6 is 11.8 Å². The highest BCUT2D eigenvalue weighted by atomic mass is 32.2. The third-order valence-electron chi connectivity index (χ3n) is 2.37. The van der Waals surface area contributed by atoms with Gasteiger partial charge in [0.2, 0.25) is 5.91 Å². The number of amides is 1. The minimum Gasteiger partial charge on any atom is -0.352 e. The zero-order valence-corrected chi connectivity index (χ0v) is 11.2. The first-order valence-electron chi connectivity index (χ1n) is 5.72. The van der Waals surface area contributed by atoms with Gasteiger partial charge >= 0.3 is 0 Å². The standard InChI is InChI=1S/C14H19NOS/c1-12(11-17-2)14(16)15-10-6-9-13-7-4-3-5-8-13/h3-9,12H,10-11H2,1-2H3,(H,15,16)/b9-6+. The van der Waals surface area contributed by atoms with Gasteiger partial charge in [0.15, 0.2) is 0 Å². The van der Waals surface area contributed by atoms with Crippen molar-refractivity contribution in [2.45, 2.75) is 6.92 Å². The summed E-state index contributed by atoms with van der Waals surface area (Å²) in [5, 5.41) is 2.90. The van der Waals surface area contributed by atoms with Crippen LogP contribution in [-0.4, -0.2) is 24.5 Å². The molecule has 1 amide bonds. The number of nitrogens with one attached hydrogen (secondary N) is 1. The maximum atomic E-state index is 11.6. The topological polar surface area (TPSA) is 29.1 Å². The third-order valence-corrected chi connectivity index (χ3v) is 3.20. The molecule has 0 heterocycles. The second-order valence-corrected chi connectivity index (χ2v) is 4.83. The van der Waals surface area contributed by atoms with Gasteiger partial charge in [0.05, 0.1) is 0 Å². The lowest BCUT2D eigenvalue weighted by Gasteiger charge is -2.08. The van der Waals surface area contributed by atoms with Crippen LogP contribution in [0.5, 0.6) is 0 Å². The average Bonchev–Trinajstić information content (AvgIpc) is 2.36. The van der Waals surface area contributed by atoms with Crippen LogP contribution < -0.4 is 5.32 Å².